The summed E-state index contributed by atoms with van der Waals surface area (Å²) in [6.07, 6.45) is 0. The average Bonchev–Trinajstić information content (AvgIpc) is 2.49. The number of para-hydroxylation sites is 1. The fourth-order valence-electron chi connectivity index (χ4n) is 1.13. The van der Waals surface area contributed by atoms with Gasteiger partial charge in [-0.3, -0.25) is 0 Å². The van der Waals surface area contributed by atoms with E-state index in [9.17, 15) is 4.79 Å². The van der Waals surface area contributed by atoms with Gasteiger partial charge in [0, 0.05) is 6.92 Å². The third-order valence-electron chi connectivity index (χ3n) is 1.85. The first-order chi connectivity index (χ1) is 6.29. The number of hydrogen-bond donors (Lipinski definition) is 1. The van der Waals surface area contributed by atoms with Gasteiger partial charge in [-0.05, 0) is 22.0 Å². The minimum atomic E-state index is -0.205. The van der Waals surface area contributed by atoms with Gasteiger partial charge in [0.05, 0.1) is 0 Å². The molecular formula is C9H9N2O2+. The van der Waals surface area contributed by atoms with Crippen molar-refractivity contribution in [3.8, 4) is 5.69 Å². The summed E-state index contributed by atoms with van der Waals surface area (Å²) in [5, 5.41) is 2.27. The van der Waals surface area contributed by atoms with Crippen LogP contribution in [0.2, 0.25) is 0 Å². The number of nitrogens with one attached hydrogen (secondary N) is 1. The SMILES string of the molecule is Cc1c(=O)[nH]o[n+]1-c1ccccc1. The minimum absolute atomic E-state index is 0.205. The lowest BCUT2D eigenvalue weighted by molar-refractivity contribution is -0.798. The number of aromatic amines is 1. The van der Waals surface area contributed by atoms with Crippen molar-refractivity contribution in [2.24, 2.45) is 0 Å². The third kappa shape index (κ3) is 1.26. The van der Waals surface area contributed by atoms with Crippen LogP contribution in [0.25, 0.3) is 5.69 Å². The highest BCUT2D eigenvalue weighted by Gasteiger charge is 2.14. The predicted octanol–water partition coefficient (Wildman–Crippen LogP) is 0.553. The largest absolute Gasteiger partial charge is 0.412 e. The van der Waals surface area contributed by atoms with Crippen LogP contribution in [0.1, 0.15) is 5.69 Å². The molecule has 0 amide bonds. The predicted molar refractivity (Wildman–Crippen MR) is 45.6 cm³/mol. The monoisotopic (exact) mass is 177 g/mol. The van der Waals surface area contributed by atoms with Gasteiger partial charge in [-0.25, -0.2) is 4.79 Å². The Morgan fingerprint density at radius 2 is 2.00 bits per heavy atom. The molecule has 0 fully saturated rings. The Labute approximate surface area is 74.4 Å². The second-order valence-corrected chi connectivity index (χ2v) is 2.74. The van der Waals surface area contributed by atoms with Crippen molar-refractivity contribution in [1.29, 1.82) is 0 Å². The summed E-state index contributed by atoms with van der Waals surface area (Å²) in [7, 11) is 0. The van der Waals surface area contributed by atoms with Gasteiger partial charge in [0.25, 0.3) is 0 Å². The van der Waals surface area contributed by atoms with Crippen molar-refractivity contribution in [2.75, 3.05) is 0 Å². The zero-order valence-corrected chi connectivity index (χ0v) is 7.15. The number of hydrogen-bond acceptors (Lipinski definition) is 2. The van der Waals surface area contributed by atoms with E-state index in [4.69, 9.17) is 4.63 Å². The Morgan fingerprint density at radius 1 is 1.31 bits per heavy atom. The van der Waals surface area contributed by atoms with E-state index in [-0.39, 0.29) is 5.56 Å². The van der Waals surface area contributed by atoms with E-state index in [0.29, 0.717) is 5.69 Å². The molecule has 1 heterocycles. The van der Waals surface area contributed by atoms with Gasteiger partial charge in [0.15, 0.2) is 5.69 Å². The lowest BCUT2D eigenvalue weighted by atomic mass is 10.3. The van der Waals surface area contributed by atoms with Gasteiger partial charge >= 0.3 is 5.56 Å². The molecule has 2 rings (SSSR count). The van der Waals surface area contributed by atoms with E-state index in [1.54, 1.807) is 6.92 Å². The molecule has 0 aliphatic heterocycles. The lowest BCUT2D eigenvalue weighted by Gasteiger charge is -1.90. The van der Waals surface area contributed by atoms with Crippen LogP contribution in [0.3, 0.4) is 0 Å². The van der Waals surface area contributed by atoms with Gasteiger partial charge in [-0.1, -0.05) is 18.2 Å². The molecule has 2 aromatic rings. The molecule has 4 nitrogen and oxygen atoms in total. The molecule has 0 saturated carbocycles. The molecule has 0 atom stereocenters. The average molecular weight is 177 g/mol. The van der Waals surface area contributed by atoms with Crippen molar-refractivity contribution in [3.05, 3.63) is 46.4 Å². The summed E-state index contributed by atoms with van der Waals surface area (Å²) in [6.45, 7) is 1.70. The number of H-pyrrole nitrogens is 1. The zero-order valence-electron chi connectivity index (χ0n) is 7.15. The number of nitrogens with zero attached hydrogens (tertiary/aromatic N) is 1. The Hall–Kier alpha value is -1.84. The van der Waals surface area contributed by atoms with E-state index >= 15 is 0 Å². The summed E-state index contributed by atoms with van der Waals surface area (Å²) in [5.41, 5.74) is 1.16. The normalized spacial score (nSPS) is 10.2. The van der Waals surface area contributed by atoms with Crippen molar-refractivity contribution in [2.45, 2.75) is 6.92 Å². The smallest absolute Gasteiger partial charge is 0.233 e. The molecule has 1 aromatic heterocycles. The number of aromatic nitrogens is 2. The van der Waals surface area contributed by atoms with Gasteiger partial charge < -0.3 is 0 Å². The molecule has 0 radical (unpaired) electrons. The summed E-state index contributed by atoms with van der Waals surface area (Å²) >= 11 is 0. The second kappa shape index (κ2) is 2.90. The highest BCUT2D eigenvalue weighted by Crippen LogP contribution is 1.96. The first-order valence-electron chi connectivity index (χ1n) is 3.95. The molecule has 1 aromatic carbocycles. The topological polar surface area (TPSA) is 49.9 Å². The second-order valence-electron chi connectivity index (χ2n) is 2.74. The van der Waals surface area contributed by atoms with Crippen LogP contribution in [-0.4, -0.2) is 5.16 Å². The quantitative estimate of drug-likeness (QED) is 0.647. The molecule has 0 aliphatic rings. The fraction of sp³-hybridized carbons (Fsp3) is 0.111. The Bertz CT molecular complexity index is 456. The van der Waals surface area contributed by atoms with Crippen molar-refractivity contribution in [3.63, 3.8) is 0 Å². The Balaban J connectivity index is 2.60. The van der Waals surface area contributed by atoms with E-state index in [2.05, 4.69) is 5.16 Å². The first kappa shape index (κ1) is 7.79. The van der Waals surface area contributed by atoms with Crippen LogP contribution in [0.15, 0.2) is 39.8 Å². The first-order valence-corrected chi connectivity index (χ1v) is 3.95. The molecule has 0 saturated heterocycles. The van der Waals surface area contributed by atoms with Crippen LogP contribution < -0.4 is 10.3 Å². The van der Waals surface area contributed by atoms with Gasteiger partial charge in [0.2, 0.25) is 5.69 Å². The maximum absolute atomic E-state index is 11.0. The lowest BCUT2D eigenvalue weighted by Crippen LogP contribution is -2.33. The van der Waals surface area contributed by atoms with Gasteiger partial charge in [-0.15, -0.1) is 4.63 Å². The zero-order chi connectivity index (χ0) is 9.26. The van der Waals surface area contributed by atoms with Crippen molar-refractivity contribution >= 4 is 0 Å². The van der Waals surface area contributed by atoms with Crippen LogP contribution in [-0.2, 0) is 0 Å². The van der Waals surface area contributed by atoms with Crippen LogP contribution >= 0.6 is 0 Å². The Kier molecular flexibility index (Phi) is 1.73. The highest BCUT2D eigenvalue weighted by molar-refractivity contribution is 5.20. The highest BCUT2D eigenvalue weighted by atomic mass is 16.6. The Morgan fingerprint density at radius 3 is 2.54 bits per heavy atom. The van der Waals surface area contributed by atoms with Crippen molar-refractivity contribution < 1.29 is 9.37 Å². The number of benzene rings is 1. The van der Waals surface area contributed by atoms with E-state index in [0.717, 1.165) is 5.69 Å². The summed E-state index contributed by atoms with van der Waals surface area (Å²) in [4.78, 5) is 11.0. The summed E-state index contributed by atoms with van der Waals surface area (Å²) in [5.74, 6) is 0. The molecule has 0 unspecified atom stereocenters. The van der Waals surface area contributed by atoms with E-state index in [1.165, 1.54) is 4.74 Å². The third-order valence-corrected chi connectivity index (χ3v) is 1.85. The van der Waals surface area contributed by atoms with E-state index < -0.39 is 0 Å². The molecular weight excluding hydrogens is 168 g/mol. The van der Waals surface area contributed by atoms with Crippen LogP contribution in [0, 0.1) is 6.92 Å². The molecule has 4 heteroatoms. The van der Waals surface area contributed by atoms with Crippen molar-refractivity contribution in [1.82, 2.24) is 5.16 Å². The fourth-order valence-corrected chi connectivity index (χ4v) is 1.13. The van der Waals surface area contributed by atoms with E-state index in [1.807, 2.05) is 30.3 Å². The summed E-state index contributed by atoms with van der Waals surface area (Å²) in [6, 6.07) is 9.40. The molecule has 0 bridgehead atoms. The molecule has 66 valence electrons. The van der Waals surface area contributed by atoms with Crippen LogP contribution in [0.5, 0.6) is 0 Å². The molecule has 13 heavy (non-hydrogen) atoms. The molecule has 0 aliphatic carbocycles. The maximum Gasteiger partial charge on any atom is 0.412 e. The summed E-state index contributed by atoms with van der Waals surface area (Å²) < 4.78 is 6.42. The molecule has 0 spiro atoms. The maximum atomic E-state index is 11.0. The van der Waals surface area contributed by atoms with Gasteiger partial charge in [0.1, 0.15) is 0 Å². The number of rotatable bonds is 1. The van der Waals surface area contributed by atoms with Crippen LogP contribution in [0.4, 0.5) is 0 Å². The molecule has 1 N–H and O–H groups in total. The van der Waals surface area contributed by atoms with Gasteiger partial charge in [-0.2, -0.15) is 0 Å². The standard InChI is InChI=1S/C9H8N2O2/c1-7-9(12)10-13-11(7)8-5-3-2-4-6-8/h2-6H,1H3/p+1. The minimum Gasteiger partial charge on any atom is -0.233 e.